The van der Waals surface area contributed by atoms with Gasteiger partial charge < -0.3 is 20.3 Å². The van der Waals surface area contributed by atoms with Crippen LogP contribution in [0.15, 0.2) is 28.8 Å². The molecule has 1 aliphatic heterocycles. The first-order valence-corrected chi connectivity index (χ1v) is 7.27. The monoisotopic (exact) mass is 358 g/mol. The molecule has 2 atom stereocenters. The van der Waals surface area contributed by atoms with Crippen molar-refractivity contribution in [3.8, 4) is 11.4 Å². The van der Waals surface area contributed by atoms with Gasteiger partial charge in [-0.2, -0.15) is 4.98 Å². The molecule has 2 unspecified atom stereocenters. The minimum absolute atomic E-state index is 0. The van der Waals surface area contributed by atoms with Gasteiger partial charge in [0.1, 0.15) is 0 Å². The molecule has 0 aliphatic carbocycles. The molecule has 1 aromatic heterocycles. The Hall–Kier alpha value is -1.67. The number of nitrogens with one attached hydrogen (secondary N) is 2. The largest absolute Gasteiger partial charge is 0.392 e. The Morgan fingerprint density at radius 2 is 2.35 bits per heavy atom. The molecule has 9 heteroatoms. The van der Waals surface area contributed by atoms with Crippen molar-refractivity contribution < 1.29 is 14.4 Å². The molecule has 1 fully saturated rings. The zero-order valence-corrected chi connectivity index (χ0v) is 13.6. The number of amides is 1. The van der Waals surface area contributed by atoms with E-state index < -0.39 is 6.10 Å². The van der Waals surface area contributed by atoms with Crippen LogP contribution in [0.3, 0.4) is 0 Å². The standard InChI is InChI=1S/C14H15ClN4O3.ClH/c15-9-3-1-2-8(4-9)13-18-12(22-19-13)7-17-14(21)11-5-10(20)6-16-11;/h1-4,10-11,16,20H,5-7H2,(H,17,21);1H. The van der Waals surface area contributed by atoms with Crippen LogP contribution in [0.25, 0.3) is 11.4 Å². The van der Waals surface area contributed by atoms with Crippen molar-refractivity contribution in [1.82, 2.24) is 20.8 Å². The highest BCUT2D eigenvalue weighted by molar-refractivity contribution is 6.30. The van der Waals surface area contributed by atoms with E-state index >= 15 is 0 Å². The number of aliphatic hydroxyl groups is 1. The Labute approximate surface area is 143 Å². The summed E-state index contributed by atoms with van der Waals surface area (Å²) in [6.07, 6.45) is -0.0720. The highest BCUT2D eigenvalue weighted by atomic mass is 35.5. The van der Waals surface area contributed by atoms with Crippen LogP contribution < -0.4 is 10.6 Å². The predicted molar refractivity (Wildman–Crippen MR) is 86.3 cm³/mol. The molecular weight excluding hydrogens is 343 g/mol. The van der Waals surface area contributed by atoms with E-state index in [-0.39, 0.29) is 30.9 Å². The van der Waals surface area contributed by atoms with Gasteiger partial charge in [-0.25, -0.2) is 0 Å². The molecule has 0 saturated carbocycles. The lowest BCUT2D eigenvalue weighted by atomic mass is 10.2. The first-order chi connectivity index (χ1) is 10.6. The van der Waals surface area contributed by atoms with Crippen molar-refractivity contribution in [1.29, 1.82) is 0 Å². The fourth-order valence-corrected chi connectivity index (χ4v) is 2.46. The van der Waals surface area contributed by atoms with E-state index in [1.807, 2.05) is 6.07 Å². The van der Waals surface area contributed by atoms with Crippen molar-refractivity contribution in [3.05, 3.63) is 35.2 Å². The maximum Gasteiger partial charge on any atom is 0.246 e. The fourth-order valence-electron chi connectivity index (χ4n) is 2.27. The number of carbonyl (C=O) groups is 1. The quantitative estimate of drug-likeness (QED) is 0.757. The number of nitrogens with zero attached hydrogens (tertiary/aromatic N) is 2. The first kappa shape index (κ1) is 17.7. The predicted octanol–water partition coefficient (Wildman–Crippen LogP) is 1.15. The topological polar surface area (TPSA) is 100 Å². The lowest BCUT2D eigenvalue weighted by Gasteiger charge is -2.08. The van der Waals surface area contributed by atoms with Crippen LogP contribution in [0.4, 0.5) is 0 Å². The second kappa shape index (κ2) is 7.74. The molecular formula is C14H16Cl2N4O3. The number of rotatable bonds is 4. The normalized spacial score (nSPS) is 20.1. The summed E-state index contributed by atoms with van der Waals surface area (Å²) in [6.45, 7) is 0.568. The van der Waals surface area contributed by atoms with Crippen LogP contribution in [-0.4, -0.2) is 39.8 Å². The molecule has 3 rings (SSSR count). The SMILES string of the molecule is Cl.O=C(NCc1nc(-c2cccc(Cl)c2)no1)C1CC(O)CN1. The molecule has 0 bridgehead atoms. The third-order valence-corrected chi connectivity index (χ3v) is 3.62. The van der Waals surface area contributed by atoms with Gasteiger partial charge in [0.25, 0.3) is 0 Å². The Kier molecular flexibility index (Phi) is 5.95. The Morgan fingerprint density at radius 3 is 3.04 bits per heavy atom. The van der Waals surface area contributed by atoms with Crippen molar-refractivity contribution >= 4 is 29.9 Å². The van der Waals surface area contributed by atoms with Crippen LogP contribution >= 0.6 is 24.0 Å². The van der Waals surface area contributed by atoms with E-state index in [1.54, 1.807) is 18.2 Å². The van der Waals surface area contributed by atoms with Crippen molar-refractivity contribution in [2.45, 2.75) is 25.1 Å². The van der Waals surface area contributed by atoms with Gasteiger partial charge in [0.2, 0.25) is 17.6 Å². The number of hydrogen-bond donors (Lipinski definition) is 3. The van der Waals surface area contributed by atoms with Gasteiger partial charge in [-0.1, -0.05) is 28.9 Å². The number of carbonyl (C=O) groups excluding carboxylic acids is 1. The number of halogens is 2. The summed E-state index contributed by atoms with van der Waals surface area (Å²) in [5.41, 5.74) is 0.745. The summed E-state index contributed by atoms with van der Waals surface area (Å²) in [6, 6.07) is 6.73. The van der Waals surface area contributed by atoms with Gasteiger partial charge >= 0.3 is 0 Å². The van der Waals surface area contributed by atoms with Crippen molar-refractivity contribution in [2.24, 2.45) is 0 Å². The number of hydrogen-bond acceptors (Lipinski definition) is 6. The maximum absolute atomic E-state index is 11.9. The van der Waals surface area contributed by atoms with Crippen molar-refractivity contribution in [2.75, 3.05) is 6.54 Å². The van der Waals surface area contributed by atoms with Crippen LogP contribution in [0.2, 0.25) is 5.02 Å². The Balaban J connectivity index is 0.00000192. The smallest absolute Gasteiger partial charge is 0.246 e. The summed E-state index contributed by atoms with van der Waals surface area (Å²) < 4.78 is 5.10. The highest BCUT2D eigenvalue weighted by Crippen LogP contribution is 2.19. The molecule has 23 heavy (non-hydrogen) atoms. The summed E-state index contributed by atoms with van der Waals surface area (Å²) in [4.78, 5) is 16.1. The highest BCUT2D eigenvalue weighted by Gasteiger charge is 2.28. The van der Waals surface area contributed by atoms with Gasteiger partial charge in [-0.05, 0) is 18.6 Å². The fraction of sp³-hybridized carbons (Fsp3) is 0.357. The minimum Gasteiger partial charge on any atom is -0.392 e. The average molecular weight is 359 g/mol. The molecule has 1 saturated heterocycles. The zero-order chi connectivity index (χ0) is 15.5. The summed E-state index contributed by atoms with van der Waals surface area (Å²) >= 11 is 5.92. The molecule has 124 valence electrons. The average Bonchev–Trinajstić information content (AvgIpc) is 3.14. The van der Waals surface area contributed by atoms with E-state index in [2.05, 4.69) is 20.8 Å². The van der Waals surface area contributed by atoms with Crippen LogP contribution in [0.5, 0.6) is 0 Å². The molecule has 3 N–H and O–H groups in total. The summed E-state index contributed by atoms with van der Waals surface area (Å²) in [5.74, 6) is 0.530. The second-order valence-electron chi connectivity index (χ2n) is 5.09. The summed E-state index contributed by atoms with van der Waals surface area (Å²) in [7, 11) is 0. The molecule has 0 radical (unpaired) electrons. The molecule has 2 aromatic rings. The van der Waals surface area contributed by atoms with Gasteiger partial charge in [0.15, 0.2) is 0 Å². The van der Waals surface area contributed by atoms with E-state index in [4.69, 9.17) is 16.1 Å². The van der Waals surface area contributed by atoms with Crippen LogP contribution in [0, 0.1) is 0 Å². The van der Waals surface area contributed by atoms with Gasteiger partial charge in [0.05, 0.1) is 18.7 Å². The maximum atomic E-state index is 11.9. The lowest BCUT2D eigenvalue weighted by Crippen LogP contribution is -2.40. The van der Waals surface area contributed by atoms with Gasteiger partial charge in [-0.3, -0.25) is 4.79 Å². The molecule has 1 amide bonds. The zero-order valence-electron chi connectivity index (χ0n) is 12.0. The number of aromatic nitrogens is 2. The molecule has 1 aromatic carbocycles. The molecule has 0 spiro atoms. The Morgan fingerprint density at radius 1 is 1.52 bits per heavy atom. The van der Waals surface area contributed by atoms with E-state index in [0.717, 1.165) is 5.56 Å². The third kappa shape index (κ3) is 4.42. The third-order valence-electron chi connectivity index (χ3n) is 3.39. The minimum atomic E-state index is -0.478. The van der Waals surface area contributed by atoms with Gasteiger partial charge in [-0.15, -0.1) is 12.4 Å². The second-order valence-corrected chi connectivity index (χ2v) is 5.53. The Bertz CT molecular complexity index is 680. The van der Waals surface area contributed by atoms with Crippen molar-refractivity contribution in [3.63, 3.8) is 0 Å². The lowest BCUT2D eigenvalue weighted by molar-refractivity contribution is -0.123. The van der Waals surface area contributed by atoms with Gasteiger partial charge in [0, 0.05) is 17.1 Å². The number of aliphatic hydroxyl groups excluding tert-OH is 1. The van der Waals surface area contributed by atoms with Crippen LogP contribution in [-0.2, 0) is 11.3 Å². The molecule has 2 heterocycles. The number of benzene rings is 1. The summed E-state index contributed by atoms with van der Waals surface area (Å²) in [5, 5.41) is 19.5. The van der Waals surface area contributed by atoms with E-state index in [9.17, 15) is 9.90 Å². The van der Waals surface area contributed by atoms with E-state index in [1.165, 1.54) is 0 Å². The first-order valence-electron chi connectivity index (χ1n) is 6.89. The van der Waals surface area contributed by atoms with Crippen LogP contribution in [0.1, 0.15) is 12.3 Å². The number of β-amino-alcohol motifs (C(OH)–C–C–N with tert-alkyl or cyclic N) is 1. The molecule has 7 nitrogen and oxygen atoms in total. The molecule has 1 aliphatic rings. The van der Waals surface area contributed by atoms with E-state index in [0.29, 0.717) is 29.7 Å².